The summed E-state index contributed by atoms with van der Waals surface area (Å²) in [5.41, 5.74) is 2.35. The van der Waals surface area contributed by atoms with E-state index in [4.69, 9.17) is 5.11 Å². The zero-order valence-corrected chi connectivity index (χ0v) is 15.2. The first-order valence-corrected chi connectivity index (χ1v) is 9.74. The topological polar surface area (TPSA) is 83.5 Å². The summed E-state index contributed by atoms with van der Waals surface area (Å²) in [5.74, 6) is -0.627. The van der Waals surface area contributed by atoms with E-state index in [2.05, 4.69) is 18.6 Å². The molecule has 134 valence electrons. The molecule has 2 N–H and O–H groups in total. The Labute approximate surface area is 148 Å². The predicted octanol–water partition coefficient (Wildman–Crippen LogP) is 4.02. The minimum atomic E-state index is -3.69. The first-order chi connectivity index (χ1) is 11.8. The van der Waals surface area contributed by atoms with Crippen LogP contribution in [0.4, 0.5) is 5.69 Å². The van der Waals surface area contributed by atoms with Crippen LogP contribution >= 0.6 is 0 Å². The molecule has 0 aromatic heterocycles. The van der Waals surface area contributed by atoms with Crippen LogP contribution in [-0.2, 0) is 21.2 Å². The SMILES string of the molecule is CCC(C)c1ccccc1NS(=O)(=O)c1ccc(CCC(=O)O)cc1. The van der Waals surface area contributed by atoms with E-state index >= 15 is 0 Å². The second-order valence-electron chi connectivity index (χ2n) is 6.04. The molecule has 1 atom stereocenters. The van der Waals surface area contributed by atoms with Gasteiger partial charge in [-0.05, 0) is 48.1 Å². The second-order valence-corrected chi connectivity index (χ2v) is 7.72. The Morgan fingerprint density at radius 3 is 2.36 bits per heavy atom. The number of nitrogens with one attached hydrogen (secondary N) is 1. The van der Waals surface area contributed by atoms with Crippen molar-refractivity contribution in [3.63, 3.8) is 0 Å². The van der Waals surface area contributed by atoms with Crippen molar-refractivity contribution in [1.82, 2.24) is 0 Å². The fourth-order valence-electron chi connectivity index (χ4n) is 2.53. The number of hydrogen-bond donors (Lipinski definition) is 2. The van der Waals surface area contributed by atoms with Crippen molar-refractivity contribution in [2.45, 2.75) is 43.9 Å². The summed E-state index contributed by atoms with van der Waals surface area (Å²) in [6.45, 7) is 4.12. The highest BCUT2D eigenvalue weighted by Gasteiger charge is 2.17. The maximum absolute atomic E-state index is 12.6. The van der Waals surface area contributed by atoms with Crippen LogP contribution in [0.15, 0.2) is 53.4 Å². The van der Waals surface area contributed by atoms with Gasteiger partial charge in [-0.1, -0.05) is 44.2 Å². The Morgan fingerprint density at radius 1 is 1.12 bits per heavy atom. The molecule has 0 aliphatic rings. The molecule has 0 heterocycles. The van der Waals surface area contributed by atoms with Crippen molar-refractivity contribution in [2.24, 2.45) is 0 Å². The highest BCUT2D eigenvalue weighted by atomic mass is 32.2. The molecule has 1 unspecified atom stereocenters. The number of aliphatic carboxylic acids is 1. The molecule has 2 rings (SSSR count). The molecular formula is C19H23NO4S. The number of aryl methyl sites for hydroxylation is 1. The van der Waals surface area contributed by atoms with Crippen LogP contribution in [-0.4, -0.2) is 19.5 Å². The average Bonchev–Trinajstić information content (AvgIpc) is 2.60. The number of sulfonamides is 1. The van der Waals surface area contributed by atoms with Gasteiger partial charge in [0.2, 0.25) is 0 Å². The lowest BCUT2D eigenvalue weighted by atomic mass is 9.97. The Balaban J connectivity index is 2.21. The van der Waals surface area contributed by atoms with E-state index in [1.54, 1.807) is 24.3 Å². The molecule has 0 amide bonds. The first kappa shape index (κ1) is 19.0. The smallest absolute Gasteiger partial charge is 0.303 e. The summed E-state index contributed by atoms with van der Waals surface area (Å²) < 4.78 is 27.9. The Bertz CT molecular complexity index is 829. The van der Waals surface area contributed by atoms with Gasteiger partial charge in [0.1, 0.15) is 0 Å². The predicted molar refractivity (Wildman–Crippen MR) is 98.4 cm³/mol. The number of benzene rings is 2. The molecule has 0 aliphatic heterocycles. The molecular weight excluding hydrogens is 338 g/mol. The summed E-state index contributed by atoms with van der Waals surface area (Å²) in [7, 11) is -3.69. The van der Waals surface area contributed by atoms with Crippen LogP contribution in [0.3, 0.4) is 0 Å². The van der Waals surface area contributed by atoms with Gasteiger partial charge in [-0.3, -0.25) is 9.52 Å². The van der Waals surface area contributed by atoms with Gasteiger partial charge in [0.25, 0.3) is 10.0 Å². The van der Waals surface area contributed by atoms with Crippen molar-refractivity contribution in [2.75, 3.05) is 4.72 Å². The normalized spacial score (nSPS) is 12.6. The van der Waals surface area contributed by atoms with Crippen LogP contribution in [0.1, 0.15) is 43.7 Å². The molecule has 2 aromatic carbocycles. The fourth-order valence-corrected chi connectivity index (χ4v) is 3.62. The van der Waals surface area contributed by atoms with Crippen LogP contribution in [0.2, 0.25) is 0 Å². The Morgan fingerprint density at radius 2 is 1.76 bits per heavy atom. The number of rotatable bonds is 8. The van der Waals surface area contributed by atoms with Crippen molar-refractivity contribution >= 4 is 21.7 Å². The summed E-state index contributed by atoms with van der Waals surface area (Å²) >= 11 is 0. The molecule has 0 aliphatic carbocycles. The Kier molecular flexibility index (Phi) is 6.20. The van der Waals surface area contributed by atoms with Gasteiger partial charge in [0, 0.05) is 6.42 Å². The van der Waals surface area contributed by atoms with Gasteiger partial charge in [0.15, 0.2) is 0 Å². The van der Waals surface area contributed by atoms with Gasteiger partial charge in [-0.2, -0.15) is 0 Å². The van der Waals surface area contributed by atoms with E-state index in [9.17, 15) is 13.2 Å². The van der Waals surface area contributed by atoms with Crippen molar-refractivity contribution < 1.29 is 18.3 Å². The van der Waals surface area contributed by atoms with Crippen LogP contribution < -0.4 is 4.72 Å². The van der Waals surface area contributed by atoms with Crippen LogP contribution in [0.5, 0.6) is 0 Å². The number of para-hydroxylation sites is 1. The summed E-state index contributed by atoms with van der Waals surface area (Å²) in [4.78, 5) is 10.8. The van der Waals surface area contributed by atoms with Gasteiger partial charge in [0.05, 0.1) is 10.6 Å². The number of anilines is 1. The van der Waals surface area contributed by atoms with Gasteiger partial charge in [-0.15, -0.1) is 0 Å². The number of carboxylic acids is 1. The van der Waals surface area contributed by atoms with E-state index in [-0.39, 0.29) is 17.2 Å². The molecule has 6 heteroatoms. The number of carbonyl (C=O) groups is 1. The summed E-state index contributed by atoms with van der Waals surface area (Å²) in [6, 6.07) is 13.7. The van der Waals surface area contributed by atoms with Gasteiger partial charge >= 0.3 is 5.97 Å². The lowest BCUT2D eigenvalue weighted by molar-refractivity contribution is -0.136. The largest absolute Gasteiger partial charge is 0.481 e. The lowest BCUT2D eigenvalue weighted by Crippen LogP contribution is -2.14. The van der Waals surface area contributed by atoms with Gasteiger partial charge in [-0.25, -0.2) is 8.42 Å². The first-order valence-electron chi connectivity index (χ1n) is 8.26. The molecule has 5 nitrogen and oxygen atoms in total. The van der Waals surface area contributed by atoms with E-state index in [1.165, 1.54) is 12.1 Å². The van der Waals surface area contributed by atoms with Crippen molar-refractivity contribution in [1.29, 1.82) is 0 Å². The Hall–Kier alpha value is -2.34. The van der Waals surface area contributed by atoms with Crippen LogP contribution in [0.25, 0.3) is 0 Å². The number of carboxylic acid groups (broad SMARTS) is 1. The highest BCUT2D eigenvalue weighted by Crippen LogP contribution is 2.28. The molecule has 0 spiro atoms. The maximum atomic E-state index is 12.6. The number of hydrogen-bond acceptors (Lipinski definition) is 3. The maximum Gasteiger partial charge on any atom is 0.303 e. The molecule has 2 aromatic rings. The molecule has 25 heavy (non-hydrogen) atoms. The lowest BCUT2D eigenvalue weighted by Gasteiger charge is -2.16. The van der Waals surface area contributed by atoms with Crippen LogP contribution in [0, 0.1) is 0 Å². The zero-order valence-electron chi connectivity index (χ0n) is 14.4. The van der Waals surface area contributed by atoms with E-state index in [0.29, 0.717) is 12.1 Å². The monoisotopic (exact) mass is 361 g/mol. The summed E-state index contributed by atoms with van der Waals surface area (Å²) in [5, 5.41) is 8.71. The van der Waals surface area contributed by atoms with Gasteiger partial charge < -0.3 is 5.11 Å². The van der Waals surface area contributed by atoms with Crippen molar-refractivity contribution in [3.8, 4) is 0 Å². The average molecular weight is 361 g/mol. The fraction of sp³-hybridized carbons (Fsp3) is 0.316. The third-order valence-electron chi connectivity index (χ3n) is 4.21. The molecule has 0 saturated heterocycles. The van der Waals surface area contributed by atoms with E-state index in [1.807, 2.05) is 12.1 Å². The van der Waals surface area contributed by atoms with Crippen molar-refractivity contribution in [3.05, 3.63) is 59.7 Å². The third-order valence-corrected chi connectivity index (χ3v) is 5.59. The molecule has 0 saturated carbocycles. The highest BCUT2D eigenvalue weighted by molar-refractivity contribution is 7.92. The summed E-state index contributed by atoms with van der Waals surface area (Å²) in [6.07, 6.45) is 1.31. The minimum Gasteiger partial charge on any atom is -0.481 e. The quantitative estimate of drug-likeness (QED) is 0.744. The molecule has 0 radical (unpaired) electrons. The minimum absolute atomic E-state index is 0.0205. The second kappa shape index (κ2) is 8.16. The standard InChI is InChI=1S/C19H23NO4S/c1-3-14(2)17-6-4-5-7-18(17)20-25(23,24)16-11-8-15(9-12-16)10-13-19(21)22/h4-9,11-12,14,20H,3,10,13H2,1-2H3,(H,21,22). The zero-order chi connectivity index (χ0) is 18.4. The molecule has 0 bridgehead atoms. The third kappa shape index (κ3) is 5.06. The van der Waals surface area contributed by atoms with E-state index < -0.39 is 16.0 Å². The molecule has 0 fully saturated rings. The van der Waals surface area contributed by atoms with E-state index in [0.717, 1.165) is 17.5 Å².